The van der Waals surface area contributed by atoms with Crippen molar-refractivity contribution < 1.29 is 13.2 Å². The van der Waals surface area contributed by atoms with E-state index >= 15 is 0 Å². The molecule has 1 atom stereocenters. The highest BCUT2D eigenvalue weighted by atomic mass is 32.2. The van der Waals surface area contributed by atoms with Crippen molar-refractivity contribution >= 4 is 16.5 Å². The fraction of sp³-hybridized carbons (Fsp3) is 0.800. The number of ketones is 1. The van der Waals surface area contributed by atoms with E-state index in [-0.39, 0.29) is 17.5 Å². The van der Waals surface area contributed by atoms with Gasteiger partial charge in [-0.05, 0) is 6.42 Å². The molecule has 52 valence electrons. The molecule has 4 heteroatoms. The third-order valence-corrected chi connectivity index (χ3v) is 2.55. The maximum atomic E-state index is 10.5. The van der Waals surface area contributed by atoms with Crippen molar-refractivity contribution in [2.24, 2.45) is 0 Å². The molecule has 1 aliphatic rings. The minimum Gasteiger partial charge on any atom is -0.300 e. The summed E-state index contributed by atoms with van der Waals surface area (Å²) in [5.41, 5.74) is 0. The van der Waals surface area contributed by atoms with Gasteiger partial charge in [-0.15, -0.1) is 0 Å². The van der Waals surface area contributed by atoms with Crippen LogP contribution >= 0.6 is 0 Å². The molecule has 0 bridgehead atoms. The molecule has 1 saturated carbocycles. The van der Waals surface area contributed by atoms with Crippen LogP contribution in [0, 0.1) is 0 Å². The molecule has 0 aliphatic heterocycles. The van der Waals surface area contributed by atoms with E-state index in [2.05, 4.69) is 0 Å². The minimum absolute atomic E-state index is 0.0826. The molecule has 9 heavy (non-hydrogen) atoms. The van der Waals surface area contributed by atoms with Crippen LogP contribution in [0.3, 0.4) is 0 Å². The zero-order valence-electron chi connectivity index (χ0n) is 4.87. The SMILES string of the molecule is O=C1CCC([SH](=O)=O)C1. The number of carbonyl (C=O) groups is 1. The van der Waals surface area contributed by atoms with Gasteiger partial charge in [0, 0.05) is 12.8 Å². The average Bonchev–Trinajstić information content (AvgIpc) is 2.14. The number of rotatable bonds is 1. The van der Waals surface area contributed by atoms with E-state index in [4.69, 9.17) is 0 Å². The second-order valence-electron chi connectivity index (χ2n) is 2.22. The van der Waals surface area contributed by atoms with Gasteiger partial charge in [0.05, 0.1) is 5.25 Å². The van der Waals surface area contributed by atoms with E-state index in [0.717, 1.165) is 0 Å². The predicted molar refractivity (Wildman–Crippen MR) is 33.0 cm³/mol. The van der Waals surface area contributed by atoms with E-state index in [1.54, 1.807) is 0 Å². The second kappa shape index (κ2) is 2.47. The van der Waals surface area contributed by atoms with Gasteiger partial charge in [-0.3, -0.25) is 4.79 Å². The summed E-state index contributed by atoms with van der Waals surface area (Å²) in [6, 6.07) is 0. The highest BCUT2D eigenvalue weighted by Crippen LogP contribution is 2.16. The van der Waals surface area contributed by atoms with Gasteiger partial charge in [0.1, 0.15) is 16.5 Å². The van der Waals surface area contributed by atoms with Crippen LogP contribution in [0.2, 0.25) is 0 Å². The molecule has 0 N–H and O–H groups in total. The van der Waals surface area contributed by atoms with Crippen molar-refractivity contribution in [1.82, 2.24) is 0 Å². The molecule has 0 aromatic carbocycles. The van der Waals surface area contributed by atoms with Crippen molar-refractivity contribution in [3.63, 3.8) is 0 Å². The van der Waals surface area contributed by atoms with Gasteiger partial charge in [0.25, 0.3) is 0 Å². The van der Waals surface area contributed by atoms with Crippen LogP contribution in [0.15, 0.2) is 0 Å². The average molecular weight is 148 g/mol. The molecule has 1 rings (SSSR count). The lowest BCUT2D eigenvalue weighted by molar-refractivity contribution is -0.117. The van der Waals surface area contributed by atoms with Crippen LogP contribution in [0.5, 0.6) is 0 Å². The highest BCUT2D eigenvalue weighted by molar-refractivity contribution is 7.73. The Morgan fingerprint density at radius 2 is 2.11 bits per heavy atom. The summed E-state index contributed by atoms with van der Waals surface area (Å²) < 4.78 is 20.5. The summed E-state index contributed by atoms with van der Waals surface area (Å²) >= 11 is 0. The van der Waals surface area contributed by atoms with Crippen molar-refractivity contribution in [2.75, 3.05) is 0 Å². The van der Waals surface area contributed by atoms with Crippen LogP contribution in [0.1, 0.15) is 19.3 Å². The molecular weight excluding hydrogens is 140 g/mol. The molecule has 1 aliphatic carbocycles. The second-order valence-corrected chi connectivity index (χ2v) is 3.52. The quantitative estimate of drug-likeness (QED) is 0.520. The number of thiol groups is 1. The Morgan fingerprint density at radius 3 is 2.33 bits per heavy atom. The lowest BCUT2D eigenvalue weighted by Crippen LogP contribution is -2.03. The van der Waals surface area contributed by atoms with E-state index in [1.165, 1.54) is 0 Å². The standard InChI is InChI=1S/C5H8O3S/c6-4-1-2-5(3-4)9(7)8/h5,9H,1-3H2. The van der Waals surface area contributed by atoms with E-state index in [0.29, 0.717) is 12.8 Å². The van der Waals surface area contributed by atoms with Crippen molar-refractivity contribution in [3.05, 3.63) is 0 Å². The topological polar surface area (TPSA) is 51.2 Å². The minimum atomic E-state index is -2.35. The molecule has 1 unspecified atom stereocenters. The molecule has 0 radical (unpaired) electrons. The van der Waals surface area contributed by atoms with Crippen molar-refractivity contribution in [1.29, 1.82) is 0 Å². The lowest BCUT2D eigenvalue weighted by Gasteiger charge is -1.91. The van der Waals surface area contributed by atoms with Crippen molar-refractivity contribution in [3.8, 4) is 0 Å². The van der Waals surface area contributed by atoms with Gasteiger partial charge in [-0.2, -0.15) is 0 Å². The van der Waals surface area contributed by atoms with Gasteiger partial charge in [-0.1, -0.05) is 0 Å². The Hall–Kier alpha value is -0.380. The predicted octanol–water partition coefficient (Wildman–Crippen LogP) is -0.281. The fourth-order valence-electron chi connectivity index (χ4n) is 0.974. The number of Topliss-reactive ketones (excluding diaryl/α,β-unsaturated/α-hetero) is 1. The molecule has 0 aromatic rings. The molecule has 1 fully saturated rings. The Kier molecular flexibility index (Phi) is 1.85. The molecule has 0 amide bonds. The van der Waals surface area contributed by atoms with E-state index in [9.17, 15) is 13.2 Å². The molecule has 3 nitrogen and oxygen atoms in total. The number of carbonyl (C=O) groups excluding carboxylic acids is 1. The highest BCUT2D eigenvalue weighted by Gasteiger charge is 2.23. The summed E-state index contributed by atoms with van der Waals surface area (Å²) in [5, 5.41) is -0.354. The smallest absolute Gasteiger partial charge is 0.143 e. The van der Waals surface area contributed by atoms with Gasteiger partial charge in [0.15, 0.2) is 0 Å². The summed E-state index contributed by atoms with van der Waals surface area (Å²) in [6.45, 7) is 0. The third-order valence-electron chi connectivity index (χ3n) is 1.52. The summed E-state index contributed by atoms with van der Waals surface area (Å²) in [4.78, 5) is 10.5. The van der Waals surface area contributed by atoms with Gasteiger partial charge >= 0.3 is 0 Å². The first kappa shape index (κ1) is 6.74. The number of hydrogen-bond donors (Lipinski definition) is 1. The zero-order chi connectivity index (χ0) is 6.85. The van der Waals surface area contributed by atoms with Gasteiger partial charge in [0.2, 0.25) is 0 Å². The first-order chi connectivity index (χ1) is 4.20. The van der Waals surface area contributed by atoms with Crippen LogP contribution in [0.4, 0.5) is 0 Å². The largest absolute Gasteiger partial charge is 0.300 e. The Labute approximate surface area is 55.0 Å². The monoisotopic (exact) mass is 148 g/mol. The molecule has 0 aromatic heterocycles. The molecular formula is C5H8O3S. The van der Waals surface area contributed by atoms with Gasteiger partial charge in [-0.25, -0.2) is 8.42 Å². The van der Waals surface area contributed by atoms with Crippen molar-refractivity contribution in [2.45, 2.75) is 24.5 Å². The zero-order valence-corrected chi connectivity index (χ0v) is 5.77. The summed E-state index contributed by atoms with van der Waals surface area (Å²) in [5.74, 6) is 0.0826. The molecule has 0 saturated heterocycles. The summed E-state index contributed by atoms with van der Waals surface area (Å²) in [7, 11) is -2.35. The summed E-state index contributed by atoms with van der Waals surface area (Å²) in [6.07, 6.45) is 1.24. The fourth-order valence-corrected chi connectivity index (χ4v) is 1.67. The normalized spacial score (nSPS) is 27.7. The molecule has 0 spiro atoms. The van der Waals surface area contributed by atoms with Crippen LogP contribution < -0.4 is 0 Å². The van der Waals surface area contributed by atoms with Crippen LogP contribution in [-0.4, -0.2) is 19.5 Å². The van der Waals surface area contributed by atoms with Crippen LogP contribution in [0.25, 0.3) is 0 Å². The van der Waals surface area contributed by atoms with Crippen LogP contribution in [-0.2, 0) is 15.5 Å². The third kappa shape index (κ3) is 1.51. The maximum absolute atomic E-state index is 10.5. The first-order valence-electron chi connectivity index (χ1n) is 2.85. The van der Waals surface area contributed by atoms with E-state index in [1.807, 2.05) is 0 Å². The Morgan fingerprint density at radius 1 is 1.44 bits per heavy atom. The maximum Gasteiger partial charge on any atom is 0.143 e. The number of hydrogen-bond acceptors (Lipinski definition) is 3. The van der Waals surface area contributed by atoms with E-state index < -0.39 is 10.7 Å². The Bertz CT molecular complexity index is 186. The first-order valence-corrected chi connectivity index (χ1v) is 4.10. The van der Waals surface area contributed by atoms with Gasteiger partial charge < -0.3 is 0 Å². The Balaban J connectivity index is 2.58. The lowest BCUT2D eigenvalue weighted by atomic mass is 10.4. The molecule has 0 heterocycles.